The maximum absolute atomic E-state index is 12.9. The summed E-state index contributed by atoms with van der Waals surface area (Å²) in [5.41, 5.74) is -3.44. The van der Waals surface area contributed by atoms with E-state index >= 15 is 0 Å². The number of aliphatic hydroxyl groups excluding tert-OH is 1. The largest absolute Gasteiger partial charge is 0.606 e. The number of aliphatic hydroxyl groups is 2. The maximum atomic E-state index is 12.9. The Balaban J connectivity index is 1.71. The third kappa shape index (κ3) is 5.66. The molecule has 3 N–H and O–H groups in total. The number of benzene rings is 2. The summed E-state index contributed by atoms with van der Waals surface area (Å²) in [4.78, 5) is 26.6. The van der Waals surface area contributed by atoms with Crippen LogP contribution >= 0.6 is 11.6 Å². The molecule has 2 aromatic rings. The van der Waals surface area contributed by atoms with E-state index < -0.39 is 35.0 Å². The van der Waals surface area contributed by atoms with Crippen molar-refractivity contribution in [3.8, 4) is 0 Å². The first-order valence-corrected chi connectivity index (χ1v) is 11.7. The van der Waals surface area contributed by atoms with E-state index in [2.05, 4.69) is 0 Å². The van der Waals surface area contributed by atoms with Crippen molar-refractivity contribution in [1.29, 1.82) is 0 Å². The van der Waals surface area contributed by atoms with Crippen molar-refractivity contribution in [3.05, 3.63) is 53.1 Å². The monoisotopic (exact) mass is 518 g/mol. The number of likely N-dealkylation sites (tertiary alicyclic amines) is 1. The molecule has 2 amide bonds. The standard InChI is InChI=1S/C22H22ClF3N2O5S/c1-21(32,22(24,25)26)20(31)27-18-9-8-16(11-17(18)23)34(33)15-6-4-13(5-7-15)19(30)28-10-2-3-14(29)12-28/h4-9,11,14,29,32H,2-3,10,12H2,1H3,(H,27,31)/t14?,21-,34?/m1/s1. The SMILES string of the molecule is C[C@@](O)(C(=O)Nc1ccc([S+]([O-])c2ccc(C(=O)N3CCCC(O)C3)cc2)cc1Cl)C(F)(F)F. The number of rotatable bonds is 5. The molecule has 1 saturated heterocycles. The number of carbonyl (C=O) groups is 2. The van der Waals surface area contributed by atoms with Crippen LogP contribution in [0.25, 0.3) is 0 Å². The summed E-state index contributed by atoms with van der Waals surface area (Å²) in [6.07, 6.45) is -4.39. The molecule has 1 heterocycles. The minimum Gasteiger partial charge on any atom is -0.606 e. The van der Waals surface area contributed by atoms with E-state index in [4.69, 9.17) is 11.6 Å². The van der Waals surface area contributed by atoms with Gasteiger partial charge in [-0.15, -0.1) is 0 Å². The minimum absolute atomic E-state index is 0.173. The number of nitrogens with zero attached hydrogens (tertiary/aromatic N) is 1. The van der Waals surface area contributed by atoms with Crippen molar-refractivity contribution >= 4 is 40.3 Å². The number of carbonyl (C=O) groups excluding carboxylic acids is 2. The molecule has 2 aromatic carbocycles. The molecule has 34 heavy (non-hydrogen) atoms. The Morgan fingerprint density at radius 2 is 1.79 bits per heavy atom. The average molecular weight is 519 g/mol. The number of hydrogen-bond acceptors (Lipinski definition) is 5. The summed E-state index contributed by atoms with van der Waals surface area (Å²) in [5.74, 6) is -1.95. The van der Waals surface area contributed by atoms with Gasteiger partial charge in [0.25, 0.3) is 11.8 Å². The average Bonchev–Trinajstić information content (AvgIpc) is 2.78. The van der Waals surface area contributed by atoms with E-state index in [0.717, 1.165) is 0 Å². The minimum atomic E-state index is -5.19. The normalized spacial score (nSPS) is 19.3. The highest BCUT2D eigenvalue weighted by molar-refractivity contribution is 7.91. The third-order valence-corrected chi connectivity index (χ3v) is 7.09. The molecule has 3 atom stereocenters. The van der Waals surface area contributed by atoms with Gasteiger partial charge in [-0.25, -0.2) is 0 Å². The molecule has 0 radical (unpaired) electrons. The Labute approximate surface area is 201 Å². The van der Waals surface area contributed by atoms with Gasteiger partial charge in [0.2, 0.25) is 5.60 Å². The lowest BCUT2D eigenvalue weighted by molar-refractivity contribution is -0.242. The van der Waals surface area contributed by atoms with E-state index in [1.54, 1.807) is 4.90 Å². The second-order valence-electron chi connectivity index (χ2n) is 8.01. The van der Waals surface area contributed by atoms with Crippen LogP contribution in [0.4, 0.5) is 18.9 Å². The van der Waals surface area contributed by atoms with Gasteiger partial charge >= 0.3 is 6.18 Å². The molecule has 0 spiro atoms. The van der Waals surface area contributed by atoms with Crippen LogP contribution < -0.4 is 5.32 Å². The van der Waals surface area contributed by atoms with Crippen LogP contribution in [-0.4, -0.2) is 62.5 Å². The number of hydrogen-bond donors (Lipinski definition) is 3. The second kappa shape index (κ2) is 10.1. The van der Waals surface area contributed by atoms with Crippen molar-refractivity contribution in [1.82, 2.24) is 4.90 Å². The number of piperidine rings is 1. The summed E-state index contributed by atoms with van der Waals surface area (Å²) in [5, 5.41) is 20.9. The lowest BCUT2D eigenvalue weighted by Crippen LogP contribution is -2.52. The molecule has 184 valence electrons. The Morgan fingerprint density at radius 3 is 2.35 bits per heavy atom. The van der Waals surface area contributed by atoms with E-state index in [9.17, 15) is 37.5 Å². The molecule has 1 fully saturated rings. The smallest absolute Gasteiger partial charge is 0.426 e. The summed E-state index contributed by atoms with van der Waals surface area (Å²) in [7, 11) is 0. The number of β-amino-alcohol motifs (C(OH)–C–C–N with tert-alkyl or cyclic N) is 1. The quantitative estimate of drug-likeness (QED) is 0.525. The summed E-state index contributed by atoms with van der Waals surface area (Å²) in [6.45, 7) is 1.12. The van der Waals surface area contributed by atoms with Gasteiger partial charge in [0.05, 0.1) is 16.8 Å². The summed E-state index contributed by atoms with van der Waals surface area (Å²) in [6, 6.07) is 9.77. The Hall–Kier alpha value is -2.31. The lowest BCUT2D eigenvalue weighted by Gasteiger charge is -2.30. The Bertz CT molecular complexity index is 1070. The van der Waals surface area contributed by atoms with Gasteiger partial charge in [-0.1, -0.05) is 11.6 Å². The predicted octanol–water partition coefficient (Wildman–Crippen LogP) is 3.36. The zero-order valence-electron chi connectivity index (χ0n) is 17.9. The van der Waals surface area contributed by atoms with E-state index in [-0.39, 0.29) is 28.1 Å². The molecular formula is C22H22ClF3N2O5S. The highest BCUT2D eigenvalue weighted by atomic mass is 35.5. The fourth-order valence-electron chi connectivity index (χ4n) is 3.26. The van der Waals surface area contributed by atoms with Crippen molar-refractivity contribution in [2.45, 2.75) is 47.4 Å². The van der Waals surface area contributed by atoms with Crippen LogP contribution in [-0.2, 0) is 16.0 Å². The number of amides is 2. The summed E-state index contributed by atoms with van der Waals surface area (Å²) >= 11 is 4.32. The lowest BCUT2D eigenvalue weighted by atomic mass is 10.1. The molecule has 0 aliphatic carbocycles. The summed E-state index contributed by atoms with van der Waals surface area (Å²) < 4.78 is 51.4. The topological polar surface area (TPSA) is 113 Å². The molecule has 12 heteroatoms. The highest BCUT2D eigenvalue weighted by Crippen LogP contribution is 2.33. The molecule has 1 aliphatic heterocycles. The fraction of sp³-hybridized carbons (Fsp3) is 0.364. The van der Waals surface area contributed by atoms with Crippen LogP contribution in [0.3, 0.4) is 0 Å². The molecule has 0 saturated carbocycles. The molecule has 1 aliphatic rings. The first kappa shape index (κ1) is 26.3. The Kier molecular flexibility index (Phi) is 7.83. The van der Waals surface area contributed by atoms with Gasteiger partial charge in [0.1, 0.15) is 0 Å². The van der Waals surface area contributed by atoms with Crippen molar-refractivity contribution in [3.63, 3.8) is 0 Å². The highest BCUT2D eigenvalue weighted by Gasteiger charge is 2.55. The van der Waals surface area contributed by atoms with E-state index in [0.29, 0.717) is 36.8 Å². The van der Waals surface area contributed by atoms with Crippen LogP contribution in [0, 0.1) is 0 Å². The maximum Gasteiger partial charge on any atom is 0.426 e. The van der Waals surface area contributed by atoms with Crippen molar-refractivity contribution < 1.29 is 37.5 Å². The fourth-order valence-corrected chi connectivity index (χ4v) is 4.63. The molecule has 0 bridgehead atoms. The number of anilines is 1. The molecule has 7 nitrogen and oxygen atoms in total. The molecule has 3 rings (SSSR count). The third-order valence-electron chi connectivity index (χ3n) is 5.40. The second-order valence-corrected chi connectivity index (χ2v) is 9.89. The van der Waals surface area contributed by atoms with Crippen LogP contribution in [0.2, 0.25) is 5.02 Å². The molecular weight excluding hydrogens is 497 g/mol. The van der Waals surface area contributed by atoms with Gasteiger partial charge in [0.15, 0.2) is 9.79 Å². The van der Waals surface area contributed by atoms with E-state index in [1.165, 1.54) is 42.5 Å². The first-order valence-electron chi connectivity index (χ1n) is 10.2. The van der Waals surface area contributed by atoms with Gasteiger partial charge in [-0.2, -0.15) is 13.2 Å². The van der Waals surface area contributed by atoms with Crippen LogP contribution in [0.1, 0.15) is 30.1 Å². The Morgan fingerprint density at radius 1 is 1.18 bits per heavy atom. The van der Waals surface area contributed by atoms with E-state index in [1.807, 2.05) is 5.32 Å². The zero-order valence-corrected chi connectivity index (χ0v) is 19.5. The first-order chi connectivity index (χ1) is 15.8. The molecule has 0 aromatic heterocycles. The number of alkyl halides is 3. The molecule has 2 unspecified atom stereocenters. The number of nitrogens with one attached hydrogen (secondary N) is 1. The van der Waals surface area contributed by atoms with Gasteiger partial charge < -0.3 is 25.0 Å². The van der Waals surface area contributed by atoms with Gasteiger partial charge in [0, 0.05) is 35.9 Å². The van der Waals surface area contributed by atoms with Crippen molar-refractivity contribution in [2.75, 3.05) is 18.4 Å². The predicted molar refractivity (Wildman–Crippen MR) is 119 cm³/mol. The van der Waals surface area contributed by atoms with Crippen LogP contribution in [0.5, 0.6) is 0 Å². The van der Waals surface area contributed by atoms with Crippen molar-refractivity contribution in [2.24, 2.45) is 0 Å². The van der Waals surface area contributed by atoms with Gasteiger partial charge in [-0.3, -0.25) is 9.59 Å². The number of halogens is 4. The van der Waals surface area contributed by atoms with Gasteiger partial charge in [-0.05, 0) is 56.2 Å². The zero-order chi connectivity index (χ0) is 25.3. The van der Waals surface area contributed by atoms with Crippen LogP contribution in [0.15, 0.2) is 52.3 Å².